The van der Waals surface area contributed by atoms with Gasteiger partial charge < -0.3 is 9.47 Å². The molecule has 0 aromatic heterocycles. The Labute approximate surface area is 120 Å². The van der Waals surface area contributed by atoms with Crippen molar-refractivity contribution < 1.29 is 19.1 Å². The number of rotatable bonds is 3. The van der Waals surface area contributed by atoms with Gasteiger partial charge in [0.1, 0.15) is 5.57 Å². The molecule has 0 unspecified atom stereocenters. The highest BCUT2D eigenvalue weighted by molar-refractivity contribution is 7.80. The van der Waals surface area contributed by atoms with Crippen molar-refractivity contribution in [3.63, 3.8) is 0 Å². The summed E-state index contributed by atoms with van der Waals surface area (Å²) in [5, 5.41) is 4.74. The molecule has 1 fully saturated rings. The largest absolute Gasteiger partial charge is 0.493 e. The van der Waals surface area contributed by atoms with Crippen LogP contribution in [0.4, 0.5) is 0 Å². The average Bonchev–Trinajstić information content (AvgIpc) is 2.42. The standard InChI is InChI=1S/C13H12N2O4S/c1-18-9-4-3-7(6-10(9)19-2)5-8-11(16)14-13(20)15-12(8)17/h3-6H,1-2H3,(H2,14,15,16,17,20). The van der Waals surface area contributed by atoms with Crippen molar-refractivity contribution >= 4 is 35.2 Å². The summed E-state index contributed by atoms with van der Waals surface area (Å²) in [5.74, 6) is 0.00411. The molecule has 1 saturated heterocycles. The lowest BCUT2D eigenvalue weighted by molar-refractivity contribution is -0.123. The van der Waals surface area contributed by atoms with Crippen LogP contribution in [0.2, 0.25) is 0 Å². The minimum atomic E-state index is -0.534. The molecule has 2 N–H and O–H groups in total. The smallest absolute Gasteiger partial charge is 0.263 e. The quantitative estimate of drug-likeness (QED) is 0.485. The SMILES string of the molecule is COc1ccc(C=C2C(=O)NC(=S)NC2=O)cc1OC. The van der Waals surface area contributed by atoms with Gasteiger partial charge in [-0.15, -0.1) is 0 Å². The van der Waals surface area contributed by atoms with E-state index in [0.717, 1.165) is 0 Å². The second-order valence-corrected chi connectivity index (χ2v) is 4.32. The van der Waals surface area contributed by atoms with E-state index in [9.17, 15) is 9.59 Å². The molecule has 20 heavy (non-hydrogen) atoms. The first-order valence-corrected chi connectivity index (χ1v) is 6.06. The number of carbonyl (C=O) groups excluding carboxylic acids is 2. The number of ether oxygens (including phenoxy) is 2. The monoisotopic (exact) mass is 292 g/mol. The molecule has 2 amide bonds. The van der Waals surface area contributed by atoms with Crippen LogP contribution in [-0.4, -0.2) is 31.1 Å². The van der Waals surface area contributed by atoms with Gasteiger partial charge in [0.2, 0.25) is 0 Å². The minimum absolute atomic E-state index is 0.00413. The van der Waals surface area contributed by atoms with E-state index in [-0.39, 0.29) is 10.7 Å². The molecule has 1 heterocycles. The Morgan fingerprint density at radius 2 is 1.65 bits per heavy atom. The van der Waals surface area contributed by atoms with E-state index < -0.39 is 11.8 Å². The second-order valence-electron chi connectivity index (χ2n) is 3.91. The van der Waals surface area contributed by atoms with Crippen molar-refractivity contribution in [2.45, 2.75) is 0 Å². The maximum atomic E-state index is 11.7. The molecular formula is C13H12N2O4S. The van der Waals surface area contributed by atoms with Gasteiger partial charge in [0.05, 0.1) is 14.2 Å². The molecule has 104 valence electrons. The van der Waals surface area contributed by atoms with Crippen molar-refractivity contribution in [2.75, 3.05) is 14.2 Å². The third kappa shape index (κ3) is 2.77. The van der Waals surface area contributed by atoms with Crippen molar-refractivity contribution in [3.8, 4) is 11.5 Å². The predicted molar refractivity (Wildman–Crippen MR) is 76.4 cm³/mol. The Balaban J connectivity index is 2.37. The van der Waals surface area contributed by atoms with Crippen molar-refractivity contribution in [1.29, 1.82) is 0 Å². The van der Waals surface area contributed by atoms with Crippen molar-refractivity contribution in [3.05, 3.63) is 29.3 Å². The molecule has 0 aliphatic carbocycles. The zero-order valence-corrected chi connectivity index (χ0v) is 11.7. The predicted octanol–water partition coefficient (Wildman–Crippen LogP) is 0.618. The topological polar surface area (TPSA) is 76.7 Å². The Hall–Kier alpha value is -2.41. The van der Waals surface area contributed by atoms with E-state index in [0.29, 0.717) is 17.1 Å². The Kier molecular flexibility index (Phi) is 3.99. The van der Waals surface area contributed by atoms with Gasteiger partial charge in [0, 0.05) is 0 Å². The molecular weight excluding hydrogens is 280 g/mol. The van der Waals surface area contributed by atoms with Gasteiger partial charge in [-0.3, -0.25) is 20.2 Å². The molecule has 0 spiro atoms. The third-order valence-electron chi connectivity index (χ3n) is 2.66. The Morgan fingerprint density at radius 1 is 1.05 bits per heavy atom. The number of nitrogens with one attached hydrogen (secondary N) is 2. The number of benzene rings is 1. The summed E-state index contributed by atoms with van der Waals surface area (Å²) >= 11 is 4.72. The summed E-state index contributed by atoms with van der Waals surface area (Å²) in [6.07, 6.45) is 1.45. The lowest BCUT2D eigenvalue weighted by atomic mass is 10.1. The summed E-state index contributed by atoms with van der Waals surface area (Å²) in [5.41, 5.74) is 0.613. The maximum Gasteiger partial charge on any atom is 0.263 e. The molecule has 0 radical (unpaired) electrons. The van der Waals surface area contributed by atoms with E-state index in [1.807, 2.05) is 0 Å². The number of methoxy groups -OCH3 is 2. The summed E-state index contributed by atoms with van der Waals surface area (Å²) in [6, 6.07) is 5.07. The maximum absolute atomic E-state index is 11.7. The van der Waals surface area contributed by atoms with Gasteiger partial charge in [-0.25, -0.2) is 0 Å². The molecule has 1 aliphatic heterocycles. The van der Waals surface area contributed by atoms with Crippen LogP contribution >= 0.6 is 12.2 Å². The molecule has 1 aromatic rings. The molecule has 2 rings (SSSR count). The molecule has 0 bridgehead atoms. The molecule has 1 aliphatic rings. The molecule has 0 atom stereocenters. The highest BCUT2D eigenvalue weighted by atomic mass is 32.1. The molecule has 6 nitrogen and oxygen atoms in total. The van der Waals surface area contributed by atoms with E-state index >= 15 is 0 Å². The van der Waals surface area contributed by atoms with Gasteiger partial charge in [-0.2, -0.15) is 0 Å². The van der Waals surface area contributed by atoms with E-state index in [4.69, 9.17) is 21.7 Å². The summed E-state index contributed by atoms with van der Waals surface area (Å²) in [4.78, 5) is 23.4. The first-order chi connectivity index (χ1) is 9.55. The van der Waals surface area contributed by atoms with Crippen LogP contribution < -0.4 is 20.1 Å². The Morgan fingerprint density at radius 3 is 2.20 bits per heavy atom. The van der Waals surface area contributed by atoms with Crippen LogP contribution in [0.3, 0.4) is 0 Å². The van der Waals surface area contributed by atoms with E-state index in [2.05, 4.69) is 10.6 Å². The van der Waals surface area contributed by atoms with Crippen LogP contribution in [0.15, 0.2) is 23.8 Å². The summed E-state index contributed by atoms with van der Waals surface area (Å²) < 4.78 is 10.3. The summed E-state index contributed by atoms with van der Waals surface area (Å²) in [6.45, 7) is 0. The zero-order valence-electron chi connectivity index (χ0n) is 10.9. The normalized spacial score (nSPS) is 14.5. The van der Waals surface area contributed by atoms with Crippen molar-refractivity contribution in [1.82, 2.24) is 10.6 Å². The number of thiocarbonyl (C=S) groups is 1. The van der Waals surface area contributed by atoms with Gasteiger partial charge in [-0.1, -0.05) is 6.07 Å². The van der Waals surface area contributed by atoms with Gasteiger partial charge in [0.15, 0.2) is 16.6 Å². The number of amides is 2. The van der Waals surface area contributed by atoms with Gasteiger partial charge in [0.25, 0.3) is 11.8 Å². The highest BCUT2D eigenvalue weighted by Crippen LogP contribution is 2.28. The fourth-order valence-corrected chi connectivity index (χ4v) is 1.90. The lowest BCUT2D eigenvalue weighted by Gasteiger charge is -2.16. The van der Waals surface area contributed by atoms with E-state index in [1.54, 1.807) is 18.2 Å². The first-order valence-electron chi connectivity index (χ1n) is 5.65. The van der Waals surface area contributed by atoms with Crippen LogP contribution in [-0.2, 0) is 9.59 Å². The molecule has 7 heteroatoms. The molecule has 0 saturated carbocycles. The van der Waals surface area contributed by atoms with Gasteiger partial charge in [-0.05, 0) is 36.0 Å². The Bertz CT molecular complexity index is 603. The van der Waals surface area contributed by atoms with Gasteiger partial charge >= 0.3 is 0 Å². The molecule has 1 aromatic carbocycles. The highest BCUT2D eigenvalue weighted by Gasteiger charge is 2.25. The van der Waals surface area contributed by atoms with E-state index in [1.165, 1.54) is 20.3 Å². The van der Waals surface area contributed by atoms with Crippen LogP contribution in [0.25, 0.3) is 6.08 Å². The zero-order chi connectivity index (χ0) is 14.7. The summed E-state index contributed by atoms with van der Waals surface area (Å²) in [7, 11) is 3.03. The average molecular weight is 292 g/mol. The third-order valence-corrected chi connectivity index (χ3v) is 2.87. The number of hydrogen-bond acceptors (Lipinski definition) is 5. The van der Waals surface area contributed by atoms with Crippen LogP contribution in [0.5, 0.6) is 11.5 Å². The first kappa shape index (κ1) is 14.0. The lowest BCUT2D eigenvalue weighted by Crippen LogP contribution is -2.51. The van der Waals surface area contributed by atoms with Crippen LogP contribution in [0, 0.1) is 0 Å². The second kappa shape index (κ2) is 5.70. The fraction of sp³-hybridized carbons (Fsp3) is 0.154. The van der Waals surface area contributed by atoms with Crippen molar-refractivity contribution in [2.24, 2.45) is 0 Å². The number of hydrogen-bond donors (Lipinski definition) is 2. The fourth-order valence-electron chi connectivity index (χ4n) is 1.72. The minimum Gasteiger partial charge on any atom is -0.493 e. The number of carbonyl (C=O) groups is 2. The van der Waals surface area contributed by atoms with Crippen LogP contribution in [0.1, 0.15) is 5.56 Å².